The average Bonchev–Trinajstić information content (AvgIpc) is 2.92. The van der Waals surface area contributed by atoms with Crippen molar-refractivity contribution in [2.75, 3.05) is 13.4 Å². The zero-order valence-corrected chi connectivity index (χ0v) is 15.1. The van der Waals surface area contributed by atoms with Gasteiger partial charge in [-0.2, -0.15) is 0 Å². The smallest absolute Gasteiger partial charge is 0.294 e. The Hall–Kier alpha value is -1.29. The van der Waals surface area contributed by atoms with Crippen LogP contribution < -0.4 is 0 Å². The maximum absolute atomic E-state index is 13.5. The standard InChI is InChI=1S/C14H13ClF2N2O3S2/c1-21-6-11-14(23-2)19(24-17)13(18-11)12(22-7-20)8-3-4-10(16)9(15)5-8/h3-5,7,12H,6H2,1-2H3. The highest BCUT2D eigenvalue weighted by Crippen LogP contribution is 2.35. The third kappa shape index (κ3) is 3.85. The summed E-state index contributed by atoms with van der Waals surface area (Å²) in [7, 11) is 1.49. The highest BCUT2D eigenvalue weighted by atomic mass is 35.5. The van der Waals surface area contributed by atoms with Gasteiger partial charge in [-0.1, -0.05) is 17.7 Å². The van der Waals surface area contributed by atoms with Crippen LogP contribution in [0.25, 0.3) is 0 Å². The van der Waals surface area contributed by atoms with Crippen molar-refractivity contribution in [3.05, 3.63) is 46.1 Å². The molecule has 24 heavy (non-hydrogen) atoms. The largest absolute Gasteiger partial charge is 0.451 e. The first kappa shape index (κ1) is 19.0. The molecule has 0 amide bonds. The molecule has 1 aromatic carbocycles. The van der Waals surface area contributed by atoms with E-state index in [2.05, 4.69) is 4.98 Å². The minimum Gasteiger partial charge on any atom is -0.451 e. The first-order chi connectivity index (χ1) is 11.6. The number of hydrogen-bond acceptors (Lipinski definition) is 6. The van der Waals surface area contributed by atoms with E-state index in [-0.39, 0.29) is 36.3 Å². The molecular formula is C14H13ClF2N2O3S2. The van der Waals surface area contributed by atoms with E-state index >= 15 is 0 Å². The van der Waals surface area contributed by atoms with Crippen molar-refractivity contribution >= 4 is 42.2 Å². The van der Waals surface area contributed by atoms with Crippen molar-refractivity contribution in [3.8, 4) is 0 Å². The molecule has 0 N–H and O–H groups in total. The second kappa shape index (κ2) is 8.70. The molecule has 1 unspecified atom stereocenters. The Balaban J connectivity index is 2.58. The fraction of sp³-hybridized carbons (Fsp3) is 0.286. The number of imidazole rings is 1. The number of aromatic nitrogens is 2. The summed E-state index contributed by atoms with van der Waals surface area (Å²) in [6.07, 6.45) is 0.720. The van der Waals surface area contributed by atoms with Gasteiger partial charge in [-0.25, -0.2) is 13.3 Å². The maximum Gasteiger partial charge on any atom is 0.294 e. The zero-order chi connectivity index (χ0) is 17.7. The summed E-state index contributed by atoms with van der Waals surface area (Å²) in [6, 6.07) is 3.84. The molecule has 10 heteroatoms. The van der Waals surface area contributed by atoms with Crippen LogP contribution in [0.15, 0.2) is 23.2 Å². The van der Waals surface area contributed by atoms with Crippen LogP contribution in [0.4, 0.5) is 8.28 Å². The van der Waals surface area contributed by atoms with Gasteiger partial charge in [0.05, 0.1) is 17.3 Å². The fourth-order valence-electron chi connectivity index (χ4n) is 2.14. The number of nitrogens with zero attached hydrogens (tertiary/aromatic N) is 2. The summed E-state index contributed by atoms with van der Waals surface area (Å²) in [5.74, 6) is -0.480. The molecule has 0 bridgehead atoms. The Morgan fingerprint density at radius 2 is 2.25 bits per heavy atom. The first-order valence-electron chi connectivity index (χ1n) is 6.54. The summed E-state index contributed by atoms with van der Waals surface area (Å²) in [4.78, 5) is 15.2. The molecule has 1 atom stereocenters. The van der Waals surface area contributed by atoms with Gasteiger partial charge in [0.2, 0.25) is 0 Å². The Morgan fingerprint density at radius 1 is 1.50 bits per heavy atom. The van der Waals surface area contributed by atoms with Crippen LogP contribution in [0.1, 0.15) is 23.2 Å². The van der Waals surface area contributed by atoms with Crippen LogP contribution in [0.5, 0.6) is 0 Å². The van der Waals surface area contributed by atoms with E-state index in [1.54, 1.807) is 6.26 Å². The number of halogens is 3. The SMILES string of the molecule is COCc1nc(C(OC=O)c2ccc(F)c(Cl)c2)n(SF)c1SC. The number of benzene rings is 1. The number of hydrogen-bond donors (Lipinski definition) is 0. The van der Waals surface area contributed by atoms with Crippen molar-refractivity contribution in [2.24, 2.45) is 0 Å². The predicted molar refractivity (Wildman–Crippen MR) is 89.2 cm³/mol. The van der Waals surface area contributed by atoms with E-state index in [1.165, 1.54) is 35.0 Å². The van der Waals surface area contributed by atoms with E-state index in [1.807, 2.05) is 0 Å². The lowest BCUT2D eigenvalue weighted by Crippen LogP contribution is -2.10. The van der Waals surface area contributed by atoms with Crippen LogP contribution in [-0.2, 0) is 20.9 Å². The molecule has 0 aliphatic heterocycles. The molecule has 5 nitrogen and oxygen atoms in total. The Labute approximate surface area is 151 Å². The lowest BCUT2D eigenvalue weighted by molar-refractivity contribution is -0.132. The van der Waals surface area contributed by atoms with Crippen molar-refractivity contribution in [3.63, 3.8) is 0 Å². The van der Waals surface area contributed by atoms with E-state index in [9.17, 15) is 13.1 Å². The number of thioether (sulfide) groups is 1. The Bertz CT molecular complexity index is 730. The summed E-state index contributed by atoms with van der Waals surface area (Å²) in [5, 5.41) is 0.382. The topological polar surface area (TPSA) is 53.4 Å². The van der Waals surface area contributed by atoms with E-state index in [0.29, 0.717) is 16.3 Å². The molecular weight excluding hydrogens is 382 g/mol. The lowest BCUT2D eigenvalue weighted by Gasteiger charge is -2.16. The summed E-state index contributed by atoms with van der Waals surface area (Å²) in [5.41, 5.74) is 0.864. The Kier molecular flexibility index (Phi) is 6.90. The minimum atomic E-state index is -1.04. The Morgan fingerprint density at radius 3 is 2.79 bits per heavy atom. The molecule has 0 aliphatic carbocycles. The van der Waals surface area contributed by atoms with E-state index in [0.717, 1.165) is 6.07 Å². The zero-order valence-electron chi connectivity index (χ0n) is 12.7. The van der Waals surface area contributed by atoms with Crippen molar-refractivity contribution in [1.82, 2.24) is 8.96 Å². The number of carbonyl (C=O) groups is 1. The second-order valence-corrected chi connectivity index (χ2v) is 6.21. The molecule has 1 aromatic heterocycles. The van der Waals surface area contributed by atoms with E-state index < -0.39 is 11.9 Å². The second-order valence-electron chi connectivity index (χ2n) is 4.51. The van der Waals surface area contributed by atoms with Crippen molar-refractivity contribution < 1.29 is 22.5 Å². The van der Waals surface area contributed by atoms with E-state index in [4.69, 9.17) is 21.1 Å². The van der Waals surface area contributed by atoms with Crippen molar-refractivity contribution in [2.45, 2.75) is 17.7 Å². The van der Waals surface area contributed by atoms with Gasteiger partial charge >= 0.3 is 0 Å². The monoisotopic (exact) mass is 394 g/mol. The quantitative estimate of drug-likeness (QED) is 0.494. The molecule has 2 aromatic rings. The van der Waals surface area contributed by atoms with Gasteiger partial charge in [-0.15, -0.1) is 15.6 Å². The summed E-state index contributed by atoms with van der Waals surface area (Å²) < 4.78 is 38.2. The van der Waals surface area contributed by atoms with Gasteiger partial charge < -0.3 is 9.47 Å². The molecule has 0 saturated carbocycles. The maximum atomic E-state index is 13.5. The average molecular weight is 395 g/mol. The minimum absolute atomic E-state index is 0.0757. The molecule has 2 rings (SSSR count). The fourth-order valence-corrected chi connectivity index (χ4v) is 3.61. The normalized spacial score (nSPS) is 12.2. The number of methoxy groups -OCH3 is 1. The number of ether oxygens (including phenoxy) is 2. The third-order valence-electron chi connectivity index (χ3n) is 3.10. The van der Waals surface area contributed by atoms with Crippen molar-refractivity contribution in [1.29, 1.82) is 0 Å². The summed E-state index contributed by atoms with van der Waals surface area (Å²) in [6.45, 7) is 0.382. The molecule has 0 radical (unpaired) electrons. The van der Waals surface area contributed by atoms with Gasteiger partial charge in [0.1, 0.15) is 10.8 Å². The van der Waals surface area contributed by atoms with Gasteiger partial charge in [-0.3, -0.25) is 4.79 Å². The van der Waals surface area contributed by atoms with Gasteiger partial charge in [-0.05, 0) is 18.4 Å². The summed E-state index contributed by atoms with van der Waals surface area (Å²) >= 11 is 6.98. The molecule has 1 heterocycles. The predicted octanol–water partition coefficient (Wildman–Crippen LogP) is 4.19. The highest BCUT2D eigenvalue weighted by Gasteiger charge is 2.27. The van der Waals surface area contributed by atoms with Crippen LogP contribution >= 0.6 is 35.7 Å². The van der Waals surface area contributed by atoms with Crippen LogP contribution in [0.3, 0.4) is 0 Å². The van der Waals surface area contributed by atoms with Crippen LogP contribution in [-0.4, -0.2) is 28.8 Å². The molecule has 0 aliphatic rings. The third-order valence-corrected chi connectivity index (χ3v) is 4.82. The highest BCUT2D eigenvalue weighted by molar-refractivity contribution is 7.99. The van der Waals surface area contributed by atoms with Crippen LogP contribution in [0.2, 0.25) is 5.02 Å². The van der Waals surface area contributed by atoms with Gasteiger partial charge in [0, 0.05) is 12.7 Å². The van der Waals surface area contributed by atoms with Gasteiger partial charge in [0.15, 0.2) is 24.3 Å². The lowest BCUT2D eigenvalue weighted by atomic mass is 10.1. The number of rotatable bonds is 8. The first-order valence-corrected chi connectivity index (χ1v) is 8.82. The van der Waals surface area contributed by atoms with Gasteiger partial charge in [0.25, 0.3) is 6.47 Å². The van der Waals surface area contributed by atoms with Crippen LogP contribution in [0, 0.1) is 5.82 Å². The molecule has 0 spiro atoms. The molecule has 0 fully saturated rings. The molecule has 130 valence electrons. The molecule has 0 saturated heterocycles. The number of carbonyl (C=O) groups excluding carboxylic acids is 1.